The number of carbonyl (C=O) groups is 2. The van der Waals surface area contributed by atoms with Gasteiger partial charge in [0.1, 0.15) is 5.65 Å². The maximum absolute atomic E-state index is 13.6. The lowest BCUT2D eigenvalue weighted by Crippen LogP contribution is -2.57. The Balaban J connectivity index is 1.13. The second kappa shape index (κ2) is 11.4. The number of likely N-dealkylation sites (tertiary alicyclic amines) is 1. The van der Waals surface area contributed by atoms with E-state index in [9.17, 15) is 9.59 Å². The molecule has 1 saturated heterocycles. The van der Waals surface area contributed by atoms with E-state index in [1.807, 2.05) is 44.5 Å². The van der Waals surface area contributed by atoms with E-state index in [4.69, 9.17) is 9.72 Å². The van der Waals surface area contributed by atoms with Gasteiger partial charge in [-0.25, -0.2) is 9.98 Å². The number of thioether (sulfide) groups is 1. The maximum atomic E-state index is 13.6. The molecule has 2 aliphatic heterocycles. The van der Waals surface area contributed by atoms with Crippen molar-refractivity contribution in [2.24, 2.45) is 16.8 Å². The Morgan fingerprint density at radius 3 is 2.60 bits per heavy atom. The molecule has 2 aromatic rings. The maximum Gasteiger partial charge on any atom is 0.255 e. The van der Waals surface area contributed by atoms with Crippen molar-refractivity contribution in [1.29, 1.82) is 0 Å². The number of hydrogen-bond donors (Lipinski definition) is 1. The molecule has 0 bridgehead atoms. The molecule has 2 atom stereocenters. The normalized spacial score (nSPS) is 26.8. The number of aromatic nitrogens is 2. The lowest BCUT2D eigenvalue weighted by Gasteiger charge is -2.47. The zero-order valence-electron chi connectivity index (χ0n) is 24.1. The van der Waals surface area contributed by atoms with Gasteiger partial charge in [0.2, 0.25) is 0 Å². The summed E-state index contributed by atoms with van der Waals surface area (Å²) in [6, 6.07) is 4.79. The van der Waals surface area contributed by atoms with Gasteiger partial charge in [-0.1, -0.05) is 0 Å². The number of hydrogen-bond acceptors (Lipinski definition) is 6. The molecule has 0 aromatic carbocycles. The fourth-order valence-electron chi connectivity index (χ4n) is 6.92. The van der Waals surface area contributed by atoms with Gasteiger partial charge >= 0.3 is 0 Å². The predicted molar refractivity (Wildman–Crippen MR) is 160 cm³/mol. The van der Waals surface area contributed by atoms with Gasteiger partial charge in [-0.2, -0.15) is 0 Å². The van der Waals surface area contributed by atoms with E-state index < -0.39 is 5.92 Å². The van der Waals surface area contributed by atoms with Crippen molar-refractivity contribution >= 4 is 40.3 Å². The number of rotatable bonds is 9. The van der Waals surface area contributed by atoms with Crippen molar-refractivity contribution in [3.05, 3.63) is 40.6 Å². The summed E-state index contributed by atoms with van der Waals surface area (Å²) in [4.78, 5) is 38.6. The molecule has 0 radical (unpaired) electrons. The van der Waals surface area contributed by atoms with Gasteiger partial charge in [-0.3, -0.25) is 14.5 Å². The third-order valence-corrected chi connectivity index (χ3v) is 10.2. The Morgan fingerprint density at radius 1 is 1.15 bits per heavy atom. The largest absolute Gasteiger partial charge is 0.372 e. The molecule has 8 nitrogen and oxygen atoms in total. The number of ether oxygens (including phenoxy) is 1. The third-order valence-electron chi connectivity index (χ3n) is 9.35. The third kappa shape index (κ3) is 5.40. The van der Waals surface area contributed by atoms with E-state index in [1.165, 1.54) is 50.3 Å². The average molecular weight is 564 g/mol. The van der Waals surface area contributed by atoms with Crippen LogP contribution in [0.25, 0.3) is 11.0 Å². The molecule has 6 rings (SSSR count). The number of nitrogens with one attached hydrogen (secondary N) is 1. The lowest BCUT2D eigenvalue weighted by molar-refractivity contribution is -0.120. The van der Waals surface area contributed by atoms with E-state index in [2.05, 4.69) is 26.7 Å². The van der Waals surface area contributed by atoms with Gasteiger partial charge in [-0.05, 0) is 89.7 Å². The summed E-state index contributed by atoms with van der Waals surface area (Å²) in [5, 5.41) is 3.92. The van der Waals surface area contributed by atoms with Gasteiger partial charge in [0.05, 0.1) is 23.7 Å². The summed E-state index contributed by atoms with van der Waals surface area (Å²) in [6.07, 6.45) is 14.0. The van der Waals surface area contributed by atoms with Gasteiger partial charge < -0.3 is 14.6 Å². The minimum atomic E-state index is -0.439. The Hall–Kier alpha value is -2.49. The first-order valence-corrected chi connectivity index (χ1v) is 16.0. The molecule has 214 valence electrons. The first-order valence-electron chi connectivity index (χ1n) is 14.8. The van der Waals surface area contributed by atoms with Crippen LogP contribution in [0.1, 0.15) is 74.5 Å². The monoisotopic (exact) mass is 563 g/mol. The quantitative estimate of drug-likeness (QED) is 0.466. The molecular formula is C31H41N5O3S. The van der Waals surface area contributed by atoms with Crippen molar-refractivity contribution in [3.63, 3.8) is 0 Å². The van der Waals surface area contributed by atoms with E-state index in [1.54, 1.807) is 0 Å². The number of carbonyl (C=O) groups excluding carboxylic acids is 2. The molecule has 3 fully saturated rings. The van der Waals surface area contributed by atoms with Gasteiger partial charge in [0, 0.05) is 59.6 Å². The van der Waals surface area contributed by atoms with Crippen LogP contribution in [-0.2, 0) is 9.53 Å². The molecule has 2 amide bonds. The van der Waals surface area contributed by atoms with Crippen molar-refractivity contribution in [1.82, 2.24) is 19.8 Å². The average Bonchev–Trinajstić information content (AvgIpc) is 3.70. The summed E-state index contributed by atoms with van der Waals surface area (Å²) >= 11 is 1.53. The number of fused-ring (bicyclic) bond motifs is 1. The SMILES string of the molecule is CSC1=CC(C)=NC(=O)C1CNC(=O)c1c(C)n([C@H](C)C2CCC(N3CC(OC4CC4)C3)CC2)c2ncccc12. The van der Waals surface area contributed by atoms with Crippen LogP contribution >= 0.6 is 11.8 Å². The first-order chi connectivity index (χ1) is 19.3. The minimum Gasteiger partial charge on any atom is -0.372 e. The zero-order chi connectivity index (χ0) is 28.0. The number of pyridine rings is 1. The lowest BCUT2D eigenvalue weighted by atomic mass is 9.80. The molecule has 2 aromatic heterocycles. The molecule has 2 saturated carbocycles. The molecule has 4 heterocycles. The topological polar surface area (TPSA) is 88.8 Å². The van der Waals surface area contributed by atoms with Crippen LogP contribution in [0.4, 0.5) is 0 Å². The minimum absolute atomic E-state index is 0.162. The second-order valence-electron chi connectivity index (χ2n) is 12.0. The fraction of sp³-hybridized carbons (Fsp3) is 0.613. The Labute approximate surface area is 241 Å². The second-order valence-corrected chi connectivity index (χ2v) is 12.9. The standard InChI is InChI=1S/C31H41N5O3S/c1-18-14-27(40-4)26(30(37)34-18)15-33-31(38)28-20(3)36(29-25(28)6-5-13-32-29)19(2)21-7-9-22(10-8-21)35-16-24(17-35)39-23-11-12-23/h5-6,13-14,19,21-24,26H,7-12,15-17H2,1-4H3,(H,33,38)/t19-,21?,22?,26?/m1/s1. The Bertz CT molecular complexity index is 1350. The summed E-state index contributed by atoms with van der Waals surface area (Å²) < 4.78 is 8.36. The molecule has 0 spiro atoms. The first kappa shape index (κ1) is 27.7. The van der Waals surface area contributed by atoms with Gasteiger partial charge in [0.15, 0.2) is 0 Å². The number of allylic oxidation sites excluding steroid dienone is 1. The van der Waals surface area contributed by atoms with Crippen molar-refractivity contribution < 1.29 is 14.3 Å². The van der Waals surface area contributed by atoms with E-state index >= 15 is 0 Å². The highest BCUT2D eigenvalue weighted by Crippen LogP contribution is 2.40. The number of dihydropyridines is 1. The van der Waals surface area contributed by atoms with Crippen LogP contribution in [0.3, 0.4) is 0 Å². The fourth-order valence-corrected chi connectivity index (χ4v) is 7.67. The summed E-state index contributed by atoms with van der Waals surface area (Å²) in [6.45, 7) is 8.57. The molecule has 40 heavy (non-hydrogen) atoms. The van der Waals surface area contributed by atoms with E-state index in [-0.39, 0.29) is 24.4 Å². The van der Waals surface area contributed by atoms with E-state index in [0.29, 0.717) is 35.4 Å². The highest BCUT2D eigenvalue weighted by Gasteiger charge is 2.39. The molecule has 4 aliphatic rings. The highest BCUT2D eigenvalue weighted by molar-refractivity contribution is 8.02. The number of aliphatic imine (C=N–C) groups is 1. The Kier molecular flexibility index (Phi) is 7.90. The number of amides is 2. The van der Waals surface area contributed by atoms with Crippen LogP contribution in [0, 0.1) is 18.8 Å². The highest BCUT2D eigenvalue weighted by atomic mass is 32.2. The molecular weight excluding hydrogens is 522 g/mol. The van der Waals surface area contributed by atoms with Crippen molar-refractivity contribution in [3.8, 4) is 0 Å². The van der Waals surface area contributed by atoms with Crippen LogP contribution in [0.15, 0.2) is 34.3 Å². The molecule has 9 heteroatoms. The van der Waals surface area contributed by atoms with Crippen LogP contribution in [-0.4, -0.2) is 76.1 Å². The Morgan fingerprint density at radius 2 is 1.90 bits per heavy atom. The molecule has 1 N–H and O–H groups in total. The molecule has 2 aliphatic carbocycles. The summed E-state index contributed by atoms with van der Waals surface area (Å²) in [7, 11) is 0. The van der Waals surface area contributed by atoms with Gasteiger partial charge in [-0.15, -0.1) is 11.8 Å². The summed E-state index contributed by atoms with van der Waals surface area (Å²) in [5.41, 5.74) is 3.17. The smallest absolute Gasteiger partial charge is 0.255 e. The van der Waals surface area contributed by atoms with E-state index in [0.717, 1.165) is 34.7 Å². The van der Waals surface area contributed by atoms with Crippen LogP contribution in [0.5, 0.6) is 0 Å². The van der Waals surface area contributed by atoms with Crippen LogP contribution in [0.2, 0.25) is 0 Å². The summed E-state index contributed by atoms with van der Waals surface area (Å²) in [5.74, 6) is -0.256. The van der Waals surface area contributed by atoms with Crippen LogP contribution < -0.4 is 5.32 Å². The predicted octanol–water partition coefficient (Wildman–Crippen LogP) is 4.92. The van der Waals surface area contributed by atoms with Gasteiger partial charge in [0.25, 0.3) is 11.8 Å². The number of nitrogens with zero attached hydrogens (tertiary/aromatic N) is 4. The van der Waals surface area contributed by atoms with Crippen molar-refractivity contribution in [2.75, 3.05) is 25.9 Å². The zero-order valence-corrected chi connectivity index (χ0v) is 24.9. The molecule has 1 unspecified atom stereocenters. The van der Waals surface area contributed by atoms with Crippen molar-refractivity contribution in [2.45, 2.75) is 83.6 Å².